The Kier molecular flexibility index (Phi) is 6.32. The van der Waals surface area contributed by atoms with Gasteiger partial charge in [0, 0.05) is 12.6 Å². The molecule has 1 atom stereocenters. The van der Waals surface area contributed by atoms with E-state index in [9.17, 15) is 13.2 Å². The number of carboxylic acid groups (broad SMARTS) is 1. The van der Waals surface area contributed by atoms with Crippen molar-refractivity contribution in [3.63, 3.8) is 0 Å². The van der Waals surface area contributed by atoms with E-state index >= 15 is 0 Å². The summed E-state index contributed by atoms with van der Waals surface area (Å²) in [7, 11) is -3.54. The van der Waals surface area contributed by atoms with Gasteiger partial charge in [0.05, 0.1) is 11.3 Å². The largest absolute Gasteiger partial charge is 0.478 e. The molecule has 0 spiro atoms. The fourth-order valence-electron chi connectivity index (χ4n) is 1.90. The van der Waals surface area contributed by atoms with Gasteiger partial charge in [-0.15, -0.1) is 0 Å². The molecule has 0 aromatic heterocycles. The predicted molar refractivity (Wildman–Crippen MR) is 79.5 cm³/mol. The molecule has 1 unspecified atom stereocenters. The molecular formula is C14H21NO5S. The van der Waals surface area contributed by atoms with Crippen LogP contribution >= 0.6 is 0 Å². The van der Waals surface area contributed by atoms with Crippen LogP contribution in [0.1, 0.15) is 36.2 Å². The quantitative estimate of drug-likeness (QED) is 0.669. The minimum absolute atomic E-state index is 0.0707. The second-order valence-corrected chi connectivity index (χ2v) is 7.00. The van der Waals surface area contributed by atoms with Crippen LogP contribution in [0.3, 0.4) is 0 Å². The summed E-state index contributed by atoms with van der Waals surface area (Å²) in [6.07, 6.45) is 0.356. The molecule has 21 heavy (non-hydrogen) atoms. The number of aromatic carboxylic acids is 1. The van der Waals surface area contributed by atoms with E-state index in [-0.39, 0.29) is 29.9 Å². The second kappa shape index (κ2) is 7.53. The maximum Gasteiger partial charge on any atom is 0.335 e. The first-order valence-corrected chi connectivity index (χ1v) is 8.33. The summed E-state index contributed by atoms with van der Waals surface area (Å²) in [4.78, 5) is 10.7. The van der Waals surface area contributed by atoms with Gasteiger partial charge in [0.15, 0.2) is 0 Å². The van der Waals surface area contributed by atoms with Gasteiger partial charge in [-0.05, 0) is 30.0 Å². The summed E-state index contributed by atoms with van der Waals surface area (Å²) in [5.41, 5.74) is 0.628. The molecule has 118 valence electrons. The standard InChI is InChI=1S/C14H21NO5S/c1-10(2)13(7-8-16)15-21(19,20)9-11-3-5-12(6-4-11)14(17)18/h3-6,10,13,15-16H,7-9H2,1-2H3,(H,17,18). The number of carbonyl (C=O) groups is 1. The minimum Gasteiger partial charge on any atom is -0.478 e. The highest BCUT2D eigenvalue weighted by atomic mass is 32.2. The fraction of sp³-hybridized carbons (Fsp3) is 0.500. The monoisotopic (exact) mass is 315 g/mol. The minimum atomic E-state index is -3.54. The van der Waals surface area contributed by atoms with Crippen LogP contribution in [-0.2, 0) is 15.8 Å². The third kappa shape index (κ3) is 5.82. The van der Waals surface area contributed by atoms with E-state index in [1.54, 1.807) is 0 Å². The molecule has 1 aromatic rings. The number of hydrogen-bond donors (Lipinski definition) is 3. The molecule has 7 heteroatoms. The molecule has 0 saturated carbocycles. The van der Waals surface area contributed by atoms with Crippen molar-refractivity contribution in [2.75, 3.05) is 6.61 Å². The van der Waals surface area contributed by atoms with E-state index in [0.29, 0.717) is 12.0 Å². The lowest BCUT2D eigenvalue weighted by Gasteiger charge is -2.21. The molecule has 0 aliphatic rings. The zero-order valence-electron chi connectivity index (χ0n) is 12.1. The highest BCUT2D eigenvalue weighted by Gasteiger charge is 2.20. The molecule has 0 amide bonds. The van der Waals surface area contributed by atoms with Gasteiger partial charge in [0.1, 0.15) is 0 Å². The van der Waals surface area contributed by atoms with E-state index in [0.717, 1.165) is 0 Å². The maximum atomic E-state index is 12.1. The Balaban J connectivity index is 2.77. The van der Waals surface area contributed by atoms with E-state index in [1.165, 1.54) is 24.3 Å². The summed E-state index contributed by atoms with van der Waals surface area (Å²) < 4.78 is 26.8. The van der Waals surface area contributed by atoms with Gasteiger partial charge >= 0.3 is 5.97 Å². The average Bonchev–Trinajstić information content (AvgIpc) is 2.38. The van der Waals surface area contributed by atoms with Gasteiger partial charge in [0.2, 0.25) is 10.0 Å². The van der Waals surface area contributed by atoms with E-state index in [2.05, 4.69) is 4.72 Å². The molecule has 0 heterocycles. The Labute approximate surface area is 124 Å². The van der Waals surface area contributed by atoms with Crippen molar-refractivity contribution in [1.82, 2.24) is 4.72 Å². The third-order valence-electron chi connectivity index (χ3n) is 3.13. The van der Waals surface area contributed by atoms with Crippen LogP contribution in [0, 0.1) is 5.92 Å². The number of hydrogen-bond acceptors (Lipinski definition) is 4. The Morgan fingerprint density at radius 3 is 2.24 bits per heavy atom. The average molecular weight is 315 g/mol. The molecule has 1 aromatic carbocycles. The number of aliphatic hydroxyl groups excluding tert-OH is 1. The Morgan fingerprint density at radius 1 is 1.24 bits per heavy atom. The normalized spacial score (nSPS) is 13.3. The van der Waals surface area contributed by atoms with Crippen LogP contribution in [0.2, 0.25) is 0 Å². The second-order valence-electron chi connectivity index (χ2n) is 5.24. The van der Waals surface area contributed by atoms with Crippen LogP contribution in [0.25, 0.3) is 0 Å². The SMILES string of the molecule is CC(C)C(CCO)NS(=O)(=O)Cc1ccc(C(=O)O)cc1. The zero-order valence-corrected chi connectivity index (χ0v) is 12.9. The summed E-state index contributed by atoms with van der Waals surface area (Å²) >= 11 is 0. The smallest absolute Gasteiger partial charge is 0.335 e. The highest BCUT2D eigenvalue weighted by molar-refractivity contribution is 7.88. The first-order chi connectivity index (χ1) is 9.75. The number of sulfonamides is 1. The lowest BCUT2D eigenvalue weighted by Crippen LogP contribution is -2.39. The lowest BCUT2D eigenvalue weighted by atomic mass is 10.0. The van der Waals surface area contributed by atoms with Crippen molar-refractivity contribution in [3.8, 4) is 0 Å². The van der Waals surface area contributed by atoms with E-state index in [1.807, 2.05) is 13.8 Å². The van der Waals surface area contributed by atoms with Gasteiger partial charge in [-0.1, -0.05) is 26.0 Å². The van der Waals surface area contributed by atoms with Crippen LogP contribution in [-0.4, -0.2) is 37.2 Å². The van der Waals surface area contributed by atoms with E-state index < -0.39 is 16.0 Å². The highest BCUT2D eigenvalue weighted by Crippen LogP contribution is 2.12. The number of benzene rings is 1. The molecule has 0 aliphatic carbocycles. The van der Waals surface area contributed by atoms with Crippen molar-refractivity contribution < 1.29 is 23.4 Å². The van der Waals surface area contributed by atoms with Crippen molar-refractivity contribution in [2.45, 2.75) is 32.1 Å². The van der Waals surface area contributed by atoms with Crippen molar-refractivity contribution in [3.05, 3.63) is 35.4 Å². The lowest BCUT2D eigenvalue weighted by molar-refractivity contribution is 0.0697. The number of nitrogens with one attached hydrogen (secondary N) is 1. The van der Waals surface area contributed by atoms with Crippen LogP contribution < -0.4 is 4.72 Å². The van der Waals surface area contributed by atoms with Crippen molar-refractivity contribution in [1.29, 1.82) is 0 Å². The Hall–Kier alpha value is -1.44. The Bertz CT molecular complexity index is 566. The Morgan fingerprint density at radius 2 is 1.81 bits per heavy atom. The molecule has 0 fully saturated rings. The number of rotatable bonds is 8. The van der Waals surface area contributed by atoms with Crippen molar-refractivity contribution in [2.24, 2.45) is 5.92 Å². The zero-order chi connectivity index (χ0) is 16.0. The molecule has 0 saturated heterocycles. The summed E-state index contributed by atoms with van der Waals surface area (Å²) in [6, 6.07) is 5.40. The molecule has 1 rings (SSSR count). The van der Waals surface area contributed by atoms with E-state index in [4.69, 9.17) is 10.2 Å². The third-order valence-corrected chi connectivity index (χ3v) is 4.51. The number of aliphatic hydroxyl groups is 1. The van der Waals surface area contributed by atoms with Crippen LogP contribution in [0.4, 0.5) is 0 Å². The van der Waals surface area contributed by atoms with Gasteiger partial charge in [-0.25, -0.2) is 17.9 Å². The van der Waals surface area contributed by atoms with Gasteiger partial charge in [0.25, 0.3) is 0 Å². The molecule has 3 N–H and O–H groups in total. The molecule has 6 nitrogen and oxygen atoms in total. The first-order valence-electron chi connectivity index (χ1n) is 6.68. The molecule has 0 aliphatic heterocycles. The van der Waals surface area contributed by atoms with Crippen LogP contribution in [0.15, 0.2) is 24.3 Å². The molecule has 0 radical (unpaired) electrons. The topological polar surface area (TPSA) is 104 Å². The summed E-state index contributed by atoms with van der Waals surface area (Å²) in [6.45, 7) is 3.67. The van der Waals surface area contributed by atoms with Gasteiger partial charge in [-0.2, -0.15) is 0 Å². The molecule has 0 bridgehead atoms. The summed E-state index contributed by atoms with van der Waals surface area (Å²) in [5, 5.41) is 17.8. The fourth-order valence-corrected chi connectivity index (χ4v) is 3.47. The maximum absolute atomic E-state index is 12.1. The molecular weight excluding hydrogens is 294 g/mol. The number of carboxylic acids is 1. The van der Waals surface area contributed by atoms with Crippen molar-refractivity contribution >= 4 is 16.0 Å². The van der Waals surface area contributed by atoms with Crippen LogP contribution in [0.5, 0.6) is 0 Å². The summed E-state index contributed by atoms with van der Waals surface area (Å²) in [5.74, 6) is -1.20. The first kappa shape index (κ1) is 17.6. The van der Waals surface area contributed by atoms with Gasteiger partial charge in [-0.3, -0.25) is 0 Å². The predicted octanol–water partition coefficient (Wildman–Crippen LogP) is 1.21. The van der Waals surface area contributed by atoms with Gasteiger partial charge < -0.3 is 10.2 Å².